The van der Waals surface area contributed by atoms with Gasteiger partial charge in [-0.3, -0.25) is 9.69 Å². The number of likely N-dealkylation sites (tertiary alicyclic amines) is 1. The highest BCUT2D eigenvalue weighted by Crippen LogP contribution is 2.25. The highest BCUT2D eigenvalue weighted by Gasteiger charge is 2.33. The zero-order valence-corrected chi connectivity index (χ0v) is 10.2. The number of hydrogen-bond acceptors (Lipinski definition) is 2. The first-order valence-corrected chi connectivity index (χ1v) is 5.88. The molecule has 0 aromatic rings. The van der Waals surface area contributed by atoms with Gasteiger partial charge in [0.25, 0.3) is 0 Å². The van der Waals surface area contributed by atoms with Crippen molar-refractivity contribution < 1.29 is 9.90 Å². The van der Waals surface area contributed by atoms with E-state index in [9.17, 15) is 9.90 Å². The number of piperidine rings is 1. The van der Waals surface area contributed by atoms with Crippen LogP contribution < -0.4 is 0 Å². The van der Waals surface area contributed by atoms with E-state index in [-0.39, 0.29) is 12.0 Å². The van der Waals surface area contributed by atoms with Crippen molar-refractivity contribution in [2.24, 2.45) is 17.8 Å². The molecule has 88 valence electrons. The van der Waals surface area contributed by atoms with Gasteiger partial charge in [-0.15, -0.1) is 0 Å². The summed E-state index contributed by atoms with van der Waals surface area (Å²) in [6.07, 6.45) is 1.22. The number of nitrogens with zero attached hydrogens (tertiary/aromatic N) is 1. The molecular formula is C12H23NO2. The van der Waals surface area contributed by atoms with E-state index in [1.165, 1.54) is 6.42 Å². The molecule has 1 saturated heterocycles. The summed E-state index contributed by atoms with van der Waals surface area (Å²) in [7, 11) is 0. The highest BCUT2D eigenvalue weighted by atomic mass is 16.4. The second-order valence-electron chi connectivity index (χ2n) is 5.43. The standard InChI is InChI=1S/C12H23NO2/c1-8(2)11(12(14)15)13-6-9(3)5-10(4)7-13/h8-11H,5-7H2,1-4H3,(H,14,15). The minimum atomic E-state index is -0.675. The molecule has 3 atom stereocenters. The molecule has 1 heterocycles. The van der Waals surface area contributed by atoms with Gasteiger partial charge in [-0.25, -0.2) is 0 Å². The summed E-state index contributed by atoms with van der Waals surface area (Å²) in [5.74, 6) is 0.745. The van der Waals surface area contributed by atoms with E-state index in [2.05, 4.69) is 18.7 Å². The summed E-state index contributed by atoms with van der Waals surface area (Å²) in [6.45, 7) is 10.3. The highest BCUT2D eigenvalue weighted by molar-refractivity contribution is 5.73. The van der Waals surface area contributed by atoms with Crippen LogP contribution in [0.1, 0.15) is 34.1 Å². The average Bonchev–Trinajstić information content (AvgIpc) is 1.99. The average molecular weight is 213 g/mol. The molecule has 15 heavy (non-hydrogen) atoms. The molecule has 1 N–H and O–H groups in total. The second-order valence-corrected chi connectivity index (χ2v) is 5.43. The molecule has 1 rings (SSSR count). The third-order valence-electron chi connectivity index (χ3n) is 3.17. The molecule has 1 aliphatic heterocycles. The molecule has 0 aliphatic carbocycles. The van der Waals surface area contributed by atoms with E-state index < -0.39 is 5.97 Å². The Balaban J connectivity index is 2.70. The molecule has 0 aromatic heterocycles. The predicted octanol–water partition coefficient (Wildman–Crippen LogP) is 2.07. The first-order valence-electron chi connectivity index (χ1n) is 5.88. The van der Waals surface area contributed by atoms with Crippen LogP contribution in [-0.2, 0) is 4.79 Å². The zero-order chi connectivity index (χ0) is 11.6. The van der Waals surface area contributed by atoms with Crippen LogP contribution >= 0.6 is 0 Å². The maximum atomic E-state index is 11.2. The minimum Gasteiger partial charge on any atom is -0.480 e. The van der Waals surface area contributed by atoms with Gasteiger partial charge < -0.3 is 5.11 Å². The van der Waals surface area contributed by atoms with Gasteiger partial charge in [-0.05, 0) is 24.2 Å². The minimum absolute atomic E-state index is 0.181. The lowest BCUT2D eigenvalue weighted by molar-refractivity contribution is -0.146. The van der Waals surface area contributed by atoms with Crippen molar-refractivity contribution in [2.45, 2.75) is 40.2 Å². The Morgan fingerprint density at radius 1 is 1.27 bits per heavy atom. The Bertz CT molecular complexity index is 218. The lowest BCUT2D eigenvalue weighted by atomic mass is 9.89. The van der Waals surface area contributed by atoms with Gasteiger partial charge in [0.1, 0.15) is 6.04 Å². The number of rotatable bonds is 3. The van der Waals surface area contributed by atoms with E-state index in [0.717, 1.165) is 13.1 Å². The third-order valence-corrected chi connectivity index (χ3v) is 3.17. The fourth-order valence-corrected chi connectivity index (χ4v) is 2.80. The van der Waals surface area contributed by atoms with Gasteiger partial charge in [0.15, 0.2) is 0 Å². The molecule has 3 unspecified atom stereocenters. The van der Waals surface area contributed by atoms with Crippen LogP contribution in [-0.4, -0.2) is 35.1 Å². The van der Waals surface area contributed by atoms with Crippen molar-refractivity contribution >= 4 is 5.97 Å². The van der Waals surface area contributed by atoms with Crippen LogP contribution in [0, 0.1) is 17.8 Å². The van der Waals surface area contributed by atoms with Crippen molar-refractivity contribution in [3.8, 4) is 0 Å². The molecular weight excluding hydrogens is 190 g/mol. The van der Waals surface area contributed by atoms with Gasteiger partial charge in [0.05, 0.1) is 0 Å². The summed E-state index contributed by atoms with van der Waals surface area (Å²) in [5, 5.41) is 9.23. The second kappa shape index (κ2) is 4.97. The van der Waals surface area contributed by atoms with E-state index in [4.69, 9.17) is 0 Å². The maximum Gasteiger partial charge on any atom is 0.321 e. The molecule has 1 fully saturated rings. The number of aliphatic carboxylic acids is 1. The summed E-state index contributed by atoms with van der Waals surface area (Å²) < 4.78 is 0. The lowest BCUT2D eigenvalue weighted by Gasteiger charge is -2.39. The molecule has 3 heteroatoms. The molecule has 0 radical (unpaired) electrons. The number of carboxylic acids is 1. The molecule has 3 nitrogen and oxygen atoms in total. The summed E-state index contributed by atoms with van der Waals surface area (Å²) >= 11 is 0. The van der Waals surface area contributed by atoms with Crippen molar-refractivity contribution in [2.75, 3.05) is 13.1 Å². The van der Waals surface area contributed by atoms with Gasteiger partial charge in [0.2, 0.25) is 0 Å². The Hall–Kier alpha value is -0.570. The van der Waals surface area contributed by atoms with Gasteiger partial charge >= 0.3 is 5.97 Å². The Kier molecular flexibility index (Phi) is 4.14. The van der Waals surface area contributed by atoms with Crippen molar-refractivity contribution in [3.05, 3.63) is 0 Å². The van der Waals surface area contributed by atoms with E-state index in [1.807, 2.05) is 13.8 Å². The predicted molar refractivity (Wildman–Crippen MR) is 60.8 cm³/mol. The normalized spacial score (nSPS) is 30.5. The monoisotopic (exact) mass is 213 g/mol. The van der Waals surface area contributed by atoms with E-state index >= 15 is 0 Å². The number of carboxylic acid groups (broad SMARTS) is 1. The quantitative estimate of drug-likeness (QED) is 0.780. The van der Waals surface area contributed by atoms with Crippen LogP contribution in [0.5, 0.6) is 0 Å². The largest absolute Gasteiger partial charge is 0.480 e. The lowest BCUT2D eigenvalue weighted by Crippen LogP contribution is -2.50. The van der Waals surface area contributed by atoms with E-state index in [1.54, 1.807) is 0 Å². The van der Waals surface area contributed by atoms with Crippen molar-refractivity contribution in [1.29, 1.82) is 0 Å². The molecule has 0 aromatic carbocycles. The SMILES string of the molecule is CC1CC(C)CN(C(C(=O)O)C(C)C)C1. The summed E-state index contributed by atoms with van der Waals surface area (Å²) in [6, 6.07) is -0.310. The van der Waals surface area contributed by atoms with Crippen molar-refractivity contribution in [1.82, 2.24) is 4.90 Å². The van der Waals surface area contributed by atoms with Crippen molar-refractivity contribution in [3.63, 3.8) is 0 Å². The fraction of sp³-hybridized carbons (Fsp3) is 0.917. The first-order chi connectivity index (χ1) is 6.91. The van der Waals surface area contributed by atoms with Crippen LogP contribution in [0.3, 0.4) is 0 Å². The van der Waals surface area contributed by atoms with Crippen LogP contribution in [0.4, 0.5) is 0 Å². The maximum absolute atomic E-state index is 11.2. The number of carbonyl (C=O) groups is 1. The molecule has 0 saturated carbocycles. The Labute approximate surface area is 92.5 Å². The number of hydrogen-bond donors (Lipinski definition) is 1. The molecule has 1 aliphatic rings. The summed E-state index contributed by atoms with van der Waals surface area (Å²) in [4.78, 5) is 13.4. The van der Waals surface area contributed by atoms with Crippen LogP contribution in [0.25, 0.3) is 0 Å². The van der Waals surface area contributed by atoms with Gasteiger partial charge in [-0.1, -0.05) is 27.7 Å². The van der Waals surface area contributed by atoms with Crippen LogP contribution in [0.2, 0.25) is 0 Å². The Morgan fingerprint density at radius 2 is 1.73 bits per heavy atom. The van der Waals surface area contributed by atoms with Gasteiger partial charge in [-0.2, -0.15) is 0 Å². The third kappa shape index (κ3) is 3.20. The Morgan fingerprint density at radius 3 is 2.07 bits per heavy atom. The molecule has 0 bridgehead atoms. The molecule has 0 spiro atoms. The van der Waals surface area contributed by atoms with E-state index in [0.29, 0.717) is 11.8 Å². The molecule has 0 amide bonds. The topological polar surface area (TPSA) is 40.5 Å². The first kappa shape index (κ1) is 12.5. The summed E-state index contributed by atoms with van der Waals surface area (Å²) in [5.41, 5.74) is 0. The van der Waals surface area contributed by atoms with Gasteiger partial charge in [0, 0.05) is 13.1 Å². The zero-order valence-electron chi connectivity index (χ0n) is 10.2. The smallest absolute Gasteiger partial charge is 0.321 e. The fourth-order valence-electron chi connectivity index (χ4n) is 2.80. The van der Waals surface area contributed by atoms with Crippen LogP contribution in [0.15, 0.2) is 0 Å².